The Kier molecular flexibility index (Phi) is 3.84. The van der Waals surface area contributed by atoms with Crippen LogP contribution in [0.5, 0.6) is 11.6 Å². The monoisotopic (exact) mass is 288 g/mol. The van der Waals surface area contributed by atoms with Gasteiger partial charge in [-0.05, 0) is 25.5 Å². The number of aryl methyl sites for hydroxylation is 2. The second-order valence-electron chi connectivity index (χ2n) is 4.48. The molecule has 7 heteroatoms. The second kappa shape index (κ2) is 5.58. The fourth-order valence-corrected chi connectivity index (χ4v) is 1.78. The Morgan fingerprint density at radius 2 is 2.05 bits per heavy atom. The lowest BCUT2D eigenvalue weighted by atomic mass is 10.1. The van der Waals surface area contributed by atoms with E-state index in [1.165, 1.54) is 0 Å². The number of carboxylic acid groups (broad SMARTS) is 1. The van der Waals surface area contributed by atoms with Gasteiger partial charge < -0.3 is 9.84 Å². The fourth-order valence-electron chi connectivity index (χ4n) is 1.78. The third kappa shape index (κ3) is 3.14. The summed E-state index contributed by atoms with van der Waals surface area (Å²) in [5.74, 6) is -1.10. The predicted molar refractivity (Wildman–Crippen MR) is 73.8 cm³/mol. The molecule has 0 aliphatic carbocycles. The molecule has 0 spiro atoms. The third-order valence-corrected chi connectivity index (χ3v) is 2.81. The lowest BCUT2D eigenvalue weighted by Gasteiger charge is -2.09. The largest absolute Gasteiger partial charge is 0.478 e. The zero-order chi connectivity index (χ0) is 15.6. The molecule has 0 atom stereocenters. The highest BCUT2D eigenvalue weighted by Crippen LogP contribution is 2.31. The lowest BCUT2D eigenvalue weighted by Crippen LogP contribution is -2.02. The van der Waals surface area contributed by atoms with Crippen molar-refractivity contribution in [3.05, 3.63) is 57.3 Å². The summed E-state index contributed by atoms with van der Waals surface area (Å²) in [4.78, 5) is 24.9. The van der Waals surface area contributed by atoms with Crippen LogP contribution in [0.25, 0.3) is 0 Å². The van der Waals surface area contributed by atoms with E-state index in [9.17, 15) is 14.9 Å². The molecule has 1 N–H and O–H groups in total. The molecule has 0 unspecified atom stereocenters. The standard InChI is InChI=1S/C14H12N2O5/c1-8-3-4-12(9(2)5-8)21-13-11(16(19)20)6-10(7-15-13)14(17)18/h3-7H,1-2H3,(H,17,18). The van der Waals surface area contributed by atoms with E-state index in [0.29, 0.717) is 5.75 Å². The van der Waals surface area contributed by atoms with E-state index < -0.39 is 16.6 Å². The predicted octanol–water partition coefficient (Wildman–Crippen LogP) is 3.10. The Morgan fingerprint density at radius 1 is 1.33 bits per heavy atom. The molecule has 7 nitrogen and oxygen atoms in total. The van der Waals surface area contributed by atoms with Gasteiger partial charge in [0.2, 0.25) is 0 Å². The highest BCUT2D eigenvalue weighted by atomic mass is 16.6. The Labute approximate surface area is 120 Å². The number of aromatic nitrogens is 1. The van der Waals surface area contributed by atoms with Crippen LogP contribution in [-0.4, -0.2) is 21.0 Å². The van der Waals surface area contributed by atoms with Gasteiger partial charge in [0.15, 0.2) is 0 Å². The van der Waals surface area contributed by atoms with Gasteiger partial charge in [0.1, 0.15) is 5.75 Å². The van der Waals surface area contributed by atoms with Crippen LogP contribution in [0.1, 0.15) is 21.5 Å². The fraction of sp³-hybridized carbons (Fsp3) is 0.143. The summed E-state index contributed by atoms with van der Waals surface area (Å²) in [5, 5.41) is 19.9. The minimum Gasteiger partial charge on any atom is -0.478 e. The Morgan fingerprint density at radius 3 is 2.62 bits per heavy atom. The van der Waals surface area contributed by atoms with Crippen molar-refractivity contribution < 1.29 is 19.6 Å². The molecular weight excluding hydrogens is 276 g/mol. The maximum Gasteiger partial charge on any atom is 0.337 e. The number of pyridine rings is 1. The van der Waals surface area contributed by atoms with Gasteiger partial charge in [-0.15, -0.1) is 0 Å². The molecule has 2 aromatic rings. The van der Waals surface area contributed by atoms with E-state index in [-0.39, 0.29) is 11.4 Å². The minimum atomic E-state index is -1.29. The summed E-state index contributed by atoms with van der Waals surface area (Å²) in [6.45, 7) is 3.72. The Balaban J connectivity index is 2.44. The number of aromatic carboxylic acids is 1. The molecule has 21 heavy (non-hydrogen) atoms. The van der Waals surface area contributed by atoms with Crippen LogP contribution in [0.3, 0.4) is 0 Å². The van der Waals surface area contributed by atoms with Crippen LogP contribution in [0.2, 0.25) is 0 Å². The molecular formula is C14H12N2O5. The van der Waals surface area contributed by atoms with E-state index in [1.54, 1.807) is 19.1 Å². The molecule has 1 aromatic carbocycles. The molecule has 0 amide bonds. The SMILES string of the molecule is Cc1ccc(Oc2ncc(C(=O)O)cc2[N+](=O)[O-])c(C)c1. The average Bonchev–Trinajstić information content (AvgIpc) is 2.41. The van der Waals surface area contributed by atoms with Crippen molar-refractivity contribution in [2.75, 3.05) is 0 Å². The average molecular weight is 288 g/mol. The zero-order valence-electron chi connectivity index (χ0n) is 11.4. The van der Waals surface area contributed by atoms with Crippen LogP contribution in [-0.2, 0) is 0 Å². The van der Waals surface area contributed by atoms with Gasteiger partial charge in [0, 0.05) is 12.3 Å². The highest BCUT2D eigenvalue weighted by molar-refractivity contribution is 5.88. The van der Waals surface area contributed by atoms with Gasteiger partial charge in [-0.1, -0.05) is 17.7 Å². The lowest BCUT2D eigenvalue weighted by molar-refractivity contribution is -0.386. The number of hydrogen-bond donors (Lipinski definition) is 1. The minimum absolute atomic E-state index is 0.239. The summed E-state index contributed by atoms with van der Waals surface area (Å²) in [7, 11) is 0. The molecule has 0 aliphatic rings. The van der Waals surface area contributed by atoms with Gasteiger partial charge in [-0.25, -0.2) is 9.78 Å². The van der Waals surface area contributed by atoms with Crippen molar-refractivity contribution in [2.45, 2.75) is 13.8 Å². The van der Waals surface area contributed by atoms with Gasteiger partial charge >= 0.3 is 11.7 Å². The molecule has 108 valence electrons. The molecule has 0 saturated carbocycles. The van der Waals surface area contributed by atoms with E-state index in [1.807, 2.05) is 13.0 Å². The van der Waals surface area contributed by atoms with Crippen molar-refractivity contribution in [1.82, 2.24) is 4.98 Å². The quantitative estimate of drug-likeness (QED) is 0.685. The van der Waals surface area contributed by atoms with E-state index in [2.05, 4.69) is 4.98 Å². The number of carbonyl (C=O) groups is 1. The second-order valence-corrected chi connectivity index (χ2v) is 4.48. The molecule has 0 bridgehead atoms. The van der Waals surface area contributed by atoms with Crippen LogP contribution in [0.4, 0.5) is 5.69 Å². The maximum atomic E-state index is 11.0. The molecule has 0 radical (unpaired) electrons. The Bertz CT molecular complexity index is 727. The van der Waals surface area contributed by atoms with Crippen LogP contribution < -0.4 is 4.74 Å². The summed E-state index contributed by atoms with van der Waals surface area (Å²) in [5.41, 5.74) is 1.07. The first-order valence-corrected chi connectivity index (χ1v) is 6.01. The molecule has 1 aromatic heterocycles. The number of ether oxygens (including phenoxy) is 1. The Hall–Kier alpha value is -2.96. The number of hydrogen-bond acceptors (Lipinski definition) is 5. The number of nitro groups is 1. The number of nitrogens with zero attached hydrogens (tertiary/aromatic N) is 2. The zero-order valence-corrected chi connectivity index (χ0v) is 11.4. The van der Waals surface area contributed by atoms with E-state index in [0.717, 1.165) is 23.4 Å². The smallest absolute Gasteiger partial charge is 0.337 e. The summed E-state index contributed by atoms with van der Waals surface area (Å²) >= 11 is 0. The van der Waals surface area contributed by atoms with E-state index in [4.69, 9.17) is 9.84 Å². The highest BCUT2D eigenvalue weighted by Gasteiger charge is 2.21. The number of rotatable bonds is 4. The van der Waals surface area contributed by atoms with Crippen LogP contribution in [0, 0.1) is 24.0 Å². The first-order valence-electron chi connectivity index (χ1n) is 6.01. The maximum absolute atomic E-state index is 11.0. The first-order chi connectivity index (χ1) is 9.88. The van der Waals surface area contributed by atoms with Crippen LogP contribution >= 0.6 is 0 Å². The normalized spacial score (nSPS) is 10.2. The molecule has 0 saturated heterocycles. The summed E-state index contributed by atoms with van der Waals surface area (Å²) < 4.78 is 5.45. The van der Waals surface area contributed by atoms with Crippen molar-refractivity contribution >= 4 is 11.7 Å². The van der Waals surface area contributed by atoms with Gasteiger partial charge in [-0.2, -0.15) is 0 Å². The molecule has 1 heterocycles. The van der Waals surface area contributed by atoms with Crippen molar-refractivity contribution in [3.63, 3.8) is 0 Å². The summed E-state index contributed by atoms with van der Waals surface area (Å²) in [6.07, 6.45) is 1.02. The third-order valence-electron chi connectivity index (χ3n) is 2.81. The van der Waals surface area contributed by atoms with Gasteiger partial charge in [-0.3, -0.25) is 10.1 Å². The summed E-state index contributed by atoms with van der Waals surface area (Å²) in [6, 6.07) is 6.28. The van der Waals surface area contributed by atoms with Crippen molar-refractivity contribution in [3.8, 4) is 11.6 Å². The van der Waals surface area contributed by atoms with Gasteiger partial charge in [0.05, 0.1) is 10.5 Å². The van der Waals surface area contributed by atoms with Crippen molar-refractivity contribution in [1.29, 1.82) is 0 Å². The first kappa shape index (κ1) is 14.4. The molecule has 0 fully saturated rings. The molecule has 0 aliphatic heterocycles. The number of carboxylic acids is 1. The van der Waals surface area contributed by atoms with E-state index >= 15 is 0 Å². The molecule has 2 rings (SSSR count). The van der Waals surface area contributed by atoms with Gasteiger partial charge in [0.25, 0.3) is 5.88 Å². The topological polar surface area (TPSA) is 103 Å². The van der Waals surface area contributed by atoms with Crippen molar-refractivity contribution in [2.24, 2.45) is 0 Å². The number of benzene rings is 1. The van der Waals surface area contributed by atoms with Crippen LogP contribution in [0.15, 0.2) is 30.5 Å².